The number of halogens is 1. The summed E-state index contributed by atoms with van der Waals surface area (Å²) in [4.78, 5) is 23.7. The zero-order valence-corrected chi connectivity index (χ0v) is 15.4. The molecule has 2 aliphatic heterocycles. The summed E-state index contributed by atoms with van der Waals surface area (Å²) in [6.07, 6.45) is 5.40. The molecular formula is C22H14ClN3O2. The normalized spacial score (nSPS) is 17.0. The minimum atomic E-state index is -0.466. The Morgan fingerprint density at radius 2 is 1.93 bits per heavy atom. The molecule has 0 unspecified atom stereocenters. The van der Waals surface area contributed by atoms with Crippen molar-refractivity contribution >= 4 is 40.1 Å². The maximum absolute atomic E-state index is 12.8. The average molecular weight is 388 g/mol. The number of hydrogen-bond acceptors (Lipinski definition) is 3. The van der Waals surface area contributed by atoms with Crippen LogP contribution in [0.3, 0.4) is 0 Å². The third kappa shape index (κ3) is 2.96. The standard InChI is InChI=1S/C22H14ClN3O2/c23-16-9-10-20-24-21(17-7-3-1-6-15(17)12-26(20)13-16)25-22(27)19-11-14-5-2-4-8-18(14)28-19/h1-11,13H,12H2. The lowest BCUT2D eigenvalue weighted by molar-refractivity contribution is 0.0978. The van der Waals surface area contributed by atoms with E-state index in [9.17, 15) is 4.79 Å². The summed E-state index contributed by atoms with van der Waals surface area (Å²) >= 11 is 6.14. The molecule has 3 heterocycles. The number of nitrogens with zero attached hydrogens (tertiary/aromatic N) is 3. The van der Waals surface area contributed by atoms with Gasteiger partial charge in [0.05, 0.1) is 5.03 Å². The van der Waals surface area contributed by atoms with E-state index >= 15 is 0 Å². The van der Waals surface area contributed by atoms with E-state index in [2.05, 4.69) is 9.98 Å². The number of amidine groups is 2. The largest absolute Gasteiger partial charge is 0.451 e. The molecule has 136 valence electrons. The number of carbonyl (C=O) groups is 1. The predicted molar refractivity (Wildman–Crippen MR) is 110 cm³/mol. The molecule has 0 saturated carbocycles. The second kappa shape index (κ2) is 6.62. The van der Waals surface area contributed by atoms with Crippen molar-refractivity contribution in [2.75, 3.05) is 0 Å². The fourth-order valence-electron chi connectivity index (χ4n) is 3.29. The van der Waals surface area contributed by atoms with E-state index in [0.717, 1.165) is 16.5 Å². The van der Waals surface area contributed by atoms with Crippen molar-refractivity contribution in [1.82, 2.24) is 4.90 Å². The number of aliphatic imine (C=N–C) groups is 2. The molecule has 28 heavy (non-hydrogen) atoms. The number of carbonyl (C=O) groups excluding carboxylic acids is 1. The molecule has 2 aromatic carbocycles. The Morgan fingerprint density at radius 3 is 2.82 bits per heavy atom. The van der Waals surface area contributed by atoms with E-state index in [0.29, 0.717) is 28.8 Å². The van der Waals surface area contributed by atoms with E-state index in [4.69, 9.17) is 16.0 Å². The lowest BCUT2D eigenvalue weighted by atomic mass is 10.1. The predicted octanol–water partition coefficient (Wildman–Crippen LogP) is 4.88. The highest BCUT2D eigenvalue weighted by Crippen LogP contribution is 2.24. The van der Waals surface area contributed by atoms with Crippen molar-refractivity contribution in [3.63, 3.8) is 0 Å². The van der Waals surface area contributed by atoms with Gasteiger partial charge in [-0.1, -0.05) is 54.1 Å². The number of hydrogen-bond donors (Lipinski definition) is 0. The first kappa shape index (κ1) is 16.7. The minimum Gasteiger partial charge on any atom is -0.451 e. The van der Waals surface area contributed by atoms with Crippen LogP contribution in [0.5, 0.6) is 0 Å². The number of allylic oxidation sites excluding steroid dienone is 2. The van der Waals surface area contributed by atoms with Crippen molar-refractivity contribution in [2.24, 2.45) is 9.98 Å². The smallest absolute Gasteiger partial charge is 0.314 e. The van der Waals surface area contributed by atoms with Gasteiger partial charge in [-0.15, -0.1) is 0 Å². The average Bonchev–Trinajstić information content (AvgIpc) is 3.08. The molecular weight excluding hydrogens is 374 g/mol. The molecule has 6 heteroatoms. The van der Waals surface area contributed by atoms with E-state index in [-0.39, 0.29) is 5.76 Å². The summed E-state index contributed by atoms with van der Waals surface area (Å²) in [5.41, 5.74) is 2.47. The topological polar surface area (TPSA) is 58.2 Å². The van der Waals surface area contributed by atoms with Gasteiger partial charge >= 0.3 is 5.91 Å². The Morgan fingerprint density at radius 1 is 1.11 bits per heavy atom. The minimum absolute atomic E-state index is 0.189. The molecule has 5 rings (SSSR count). The van der Waals surface area contributed by atoms with Crippen LogP contribution in [-0.4, -0.2) is 22.5 Å². The van der Waals surface area contributed by atoms with Crippen molar-refractivity contribution in [3.05, 3.63) is 94.9 Å². The SMILES string of the molecule is O=C(N=C1N=C2C=CC(Cl)=CN2Cc2ccccc21)c1cc2ccccc2o1. The van der Waals surface area contributed by atoms with Crippen LogP contribution >= 0.6 is 11.6 Å². The zero-order chi connectivity index (χ0) is 19.1. The first-order valence-electron chi connectivity index (χ1n) is 8.78. The second-order valence-electron chi connectivity index (χ2n) is 6.49. The van der Waals surface area contributed by atoms with Crippen molar-refractivity contribution in [1.29, 1.82) is 0 Å². The molecule has 0 fully saturated rings. The number of benzene rings is 2. The van der Waals surface area contributed by atoms with Crippen molar-refractivity contribution < 1.29 is 9.21 Å². The molecule has 2 aliphatic rings. The number of fused-ring (bicyclic) bond motifs is 3. The van der Waals surface area contributed by atoms with E-state index in [1.165, 1.54) is 0 Å². The summed E-state index contributed by atoms with van der Waals surface area (Å²) in [6.45, 7) is 0.591. The molecule has 0 bridgehead atoms. The van der Waals surface area contributed by atoms with Gasteiger partial charge in [-0.3, -0.25) is 4.79 Å². The molecule has 0 atom stereocenters. The van der Waals surface area contributed by atoms with Gasteiger partial charge < -0.3 is 9.32 Å². The maximum atomic E-state index is 12.8. The van der Waals surface area contributed by atoms with Gasteiger partial charge in [0, 0.05) is 23.7 Å². The highest BCUT2D eigenvalue weighted by molar-refractivity contribution is 6.32. The highest BCUT2D eigenvalue weighted by atomic mass is 35.5. The van der Waals surface area contributed by atoms with Gasteiger partial charge in [-0.05, 0) is 29.8 Å². The fourth-order valence-corrected chi connectivity index (χ4v) is 3.47. The van der Waals surface area contributed by atoms with Gasteiger partial charge in [-0.2, -0.15) is 4.99 Å². The van der Waals surface area contributed by atoms with Gasteiger partial charge in [0.1, 0.15) is 11.4 Å². The Balaban J connectivity index is 1.61. The lowest BCUT2D eigenvalue weighted by Crippen LogP contribution is -2.25. The Labute approximate surface area is 166 Å². The molecule has 1 amide bonds. The van der Waals surface area contributed by atoms with Crippen LogP contribution in [0.2, 0.25) is 0 Å². The molecule has 0 N–H and O–H groups in total. The summed E-state index contributed by atoms with van der Waals surface area (Å²) in [7, 11) is 0. The van der Waals surface area contributed by atoms with Crippen molar-refractivity contribution in [2.45, 2.75) is 6.54 Å². The summed E-state index contributed by atoms with van der Waals surface area (Å²) in [6, 6.07) is 16.9. The zero-order valence-electron chi connectivity index (χ0n) is 14.7. The van der Waals surface area contributed by atoms with Gasteiger partial charge in [0.2, 0.25) is 0 Å². The Kier molecular flexibility index (Phi) is 3.95. The van der Waals surface area contributed by atoms with Crippen LogP contribution in [0, 0.1) is 0 Å². The molecule has 0 radical (unpaired) electrons. The third-order valence-electron chi connectivity index (χ3n) is 4.63. The number of furan rings is 1. The van der Waals surface area contributed by atoms with Crippen LogP contribution in [0.25, 0.3) is 11.0 Å². The number of rotatable bonds is 1. The van der Waals surface area contributed by atoms with E-state index in [1.54, 1.807) is 12.1 Å². The van der Waals surface area contributed by atoms with Crippen LogP contribution in [0.4, 0.5) is 0 Å². The van der Waals surface area contributed by atoms with Gasteiger partial charge in [-0.25, -0.2) is 4.99 Å². The third-order valence-corrected chi connectivity index (χ3v) is 4.85. The highest BCUT2D eigenvalue weighted by Gasteiger charge is 2.22. The Hall–Kier alpha value is -3.44. The molecule has 0 saturated heterocycles. The van der Waals surface area contributed by atoms with Crippen molar-refractivity contribution in [3.8, 4) is 0 Å². The summed E-state index contributed by atoms with van der Waals surface area (Å²) in [5, 5.41) is 1.48. The number of para-hydroxylation sites is 1. The molecule has 1 aromatic heterocycles. The van der Waals surface area contributed by atoms with E-state index < -0.39 is 5.91 Å². The Bertz CT molecular complexity index is 1200. The molecule has 3 aromatic rings. The first-order chi connectivity index (χ1) is 13.7. The lowest BCUT2D eigenvalue weighted by Gasteiger charge is -2.21. The second-order valence-corrected chi connectivity index (χ2v) is 6.93. The monoisotopic (exact) mass is 387 g/mol. The summed E-state index contributed by atoms with van der Waals surface area (Å²) in [5.74, 6) is 0.758. The van der Waals surface area contributed by atoms with Crippen LogP contribution in [0.1, 0.15) is 21.7 Å². The summed E-state index contributed by atoms with van der Waals surface area (Å²) < 4.78 is 5.65. The fraction of sp³-hybridized carbons (Fsp3) is 0.0455. The number of amides is 1. The van der Waals surface area contributed by atoms with Gasteiger partial charge in [0.25, 0.3) is 0 Å². The molecule has 5 nitrogen and oxygen atoms in total. The van der Waals surface area contributed by atoms with E-state index in [1.807, 2.05) is 65.7 Å². The van der Waals surface area contributed by atoms with Crippen LogP contribution in [-0.2, 0) is 6.54 Å². The van der Waals surface area contributed by atoms with Crippen LogP contribution in [0.15, 0.2) is 92.4 Å². The molecule has 0 spiro atoms. The first-order valence-corrected chi connectivity index (χ1v) is 9.16. The molecule has 0 aliphatic carbocycles. The van der Waals surface area contributed by atoms with Crippen LogP contribution < -0.4 is 0 Å². The van der Waals surface area contributed by atoms with Gasteiger partial charge in [0.15, 0.2) is 11.6 Å². The quantitative estimate of drug-likeness (QED) is 0.597. The maximum Gasteiger partial charge on any atom is 0.314 e.